The number of rotatable bonds is 5. The second-order valence-electron chi connectivity index (χ2n) is 6.78. The summed E-state index contributed by atoms with van der Waals surface area (Å²) in [5, 5.41) is 1.29. The fourth-order valence-electron chi connectivity index (χ4n) is 2.82. The predicted molar refractivity (Wildman–Crippen MR) is 119 cm³/mol. The molecule has 6 heteroatoms. The lowest BCUT2D eigenvalue weighted by Crippen LogP contribution is -2.05. The first-order valence-electron chi connectivity index (χ1n) is 9.24. The SMILES string of the molecule is Cc1ccc(C2=N/C(=C\c3ccc(OCc4ccc(Cl)cc4)cc3)C(=O)O2)cc1Cl. The van der Waals surface area contributed by atoms with Crippen LogP contribution in [0.25, 0.3) is 6.08 Å². The molecule has 4 rings (SSSR count). The lowest BCUT2D eigenvalue weighted by Gasteiger charge is -2.06. The van der Waals surface area contributed by atoms with Crippen molar-refractivity contribution >= 4 is 41.1 Å². The summed E-state index contributed by atoms with van der Waals surface area (Å²) < 4.78 is 11.1. The minimum absolute atomic E-state index is 0.233. The van der Waals surface area contributed by atoms with Crippen molar-refractivity contribution in [2.24, 2.45) is 4.99 Å². The number of carbonyl (C=O) groups excluding carboxylic acids is 1. The second-order valence-corrected chi connectivity index (χ2v) is 7.63. The van der Waals surface area contributed by atoms with E-state index in [9.17, 15) is 4.79 Å². The molecule has 150 valence electrons. The number of benzene rings is 3. The monoisotopic (exact) mass is 437 g/mol. The number of cyclic esters (lactones) is 1. The highest BCUT2D eigenvalue weighted by Crippen LogP contribution is 2.23. The van der Waals surface area contributed by atoms with Crippen LogP contribution in [0.15, 0.2) is 77.4 Å². The lowest BCUT2D eigenvalue weighted by molar-refractivity contribution is -0.129. The third kappa shape index (κ3) is 4.73. The molecule has 0 spiro atoms. The van der Waals surface area contributed by atoms with E-state index in [1.54, 1.807) is 12.1 Å². The second kappa shape index (κ2) is 8.74. The van der Waals surface area contributed by atoms with E-state index in [1.807, 2.05) is 67.6 Å². The Morgan fingerprint density at radius 3 is 2.43 bits per heavy atom. The fraction of sp³-hybridized carbons (Fsp3) is 0.0833. The summed E-state index contributed by atoms with van der Waals surface area (Å²) in [4.78, 5) is 16.5. The summed E-state index contributed by atoms with van der Waals surface area (Å²) in [6, 6.07) is 20.3. The molecule has 1 aliphatic heterocycles. The summed E-state index contributed by atoms with van der Waals surface area (Å²) in [5.74, 6) is 0.473. The van der Waals surface area contributed by atoms with Crippen LogP contribution >= 0.6 is 23.2 Å². The summed E-state index contributed by atoms with van der Waals surface area (Å²) in [6.45, 7) is 2.35. The van der Waals surface area contributed by atoms with Gasteiger partial charge in [0.25, 0.3) is 0 Å². The molecule has 3 aromatic carbocycles. The Kier molecular flexibility index (Phi) is 5.88. The maximum Gasteiger partial charge on any atom is 0.363 e. The van der Waals surface area contributed by atoms with Crippen molar-refractivity contribution in [3.63, 3.8) is 0 Å². The van der Waals surface area contributed by atoms with Crippen molar-refractivity contribution in [1.29, 1.82) is 0 Å². The van der Waals surface area contributed by atoms with E-state index in [0.717, 1.165) is 22.4 Å². The zero-order chi connectivity index (χ0) is 21.1. The number of carbonyl (C=O) groups is 1. The molecule has 0 aromatic heterocycles. The molecule has 1 heterocycles. The van der Waals surface area contributed by atoms with Crippen LogP contribution in [-0.2, 0) is 16.1 Å². The van der Waals surface area contributed by atoms with Crippen LogP contribution in [0.2, 0.25) is 10.0 Å². The van der Waals surface area contributed by atoms with Crippen molar-refractivity contribution in [3.8, 4) is 5.75 Å². The van der Waals surface area contributed by atoms with E-state index in [0.29, 0.717) is 22.2 Å². The van der Waals surface area contributed by atoms with Crippen LogP contribution < -0.4 is 4.74 Å². The van der Waals surface area contributed by atoms with Gasteiger partial charge in [-0.1, -0.05) is 53.5 Å². The average molecular weight is 438 g/mol. The van der Waals surface area contributed by atoms with Crippen molar-refractivity contribution in [2.45, 2.75) is 13.5 Å². The van der Waals surface area contributed by atoms with Crippen LogP contribution in [0, 0.1) is 6.92 Å². The molecule has 0 bridgehead atoms. The molecular weight excluding hydrogens is 421 g/mol. The Morgan fingerprint density at radius 2 is 1.73 bits per heavy atom. The standard InChI is InChI=1S/C24H17Cl2NO3/c1-15-2-7-18(13-21(15)26)23-27-22(24(28)30-23)12-16-5-10-20(11-6-16)29-14-17-3-8-19(25)9-4-17/h2-13H,14H2,1H3/b22-12-. The maximum atomic E-state index is 12.2. The molecule has 30 heavy (non-hydrogen) atoms. The molecule has 0 radical (unpaired) electrons. The number of halogens is 2. The highest BCUT2D eigenvalue weighted by atomic mass is 35.5. The largest absolute Gasteiger partial charge is 0.489 e. The quantitative estimate of drug-likeness (QED) is 0.351. The molecule has 0 saturated carbocycles. The molecule has 4 nitrogen and oxygen atoms in total. The molecule has 0 atom stereocenters. The lowest BCUT2D eigenvalue weighted by atomic mass is 10.1. The topological polar surface area (TPSA) is 47.9 Å². The van der Waals surface area contributed by atoms with E-state index in [-0.39, 0.29) is 11.6 Å². The Balaban J connectivity index is 1.46. The van der Waals surface area contributed by atoms with E-state index < -0.39 is 5.97 Å². The molecule has 0 saturated heterocycles. The Morgan fingerprint density at radius 1 is 1.00 bits per heavy atom. The Hall–Kier alpha value is -3.08. The van der Waals surface area contributed by atoms with Gasteiger partial charge < -0.3 is 9.47 Å². The number of hydrogen-bond acceptors (Lipinski definition) is 4. The van der Waals surface area contributed by atoms with Crippen molar-refractivity contribution in [3.05, 3.63) is 105 Å². The van der Waals surface area contributed by atoms with Crippen molar-refractivity contribution in [1.82, 2.24) is 0 Å². The van der Waals surface area contributed by atoms with Crippen LogP contribution in [0.4, 0.5) is 0 Å². The van der Waals surface area contributed by atoms with E-state index in [1.165, 1.54) is 0 Å². The third-order valence-corrected chi connectivity index (χ3v) is 5.20. The van der Waals surface area contributed by atoms with Crippen LogP contribution in [0.5, 0.6) is 5.75 Å². The van der Waals surface area contributed by atoms with Gasteiger partial charge in [0.1, 0.15) is 12.4 Å². The third-order valence-electron chi connectivity index (χ3n) is 4.54. The molecule has 0 fully saturated rings. The minimum atomic E-state index is -0.496. The van der Waals surface area contributed by atoms with Gasteiger partial charge in [0, 0.05) is 15.6 Å². The van der Waals surface area contributed by atoms with Gasteiger partial charge in [-0.15, -0.1) is 0 Å². The number of aryl methyl sites for hydroxylation is 1. The first-order valence-corrected chi connectivity index (χ1v) is 10.00. The first kappa shape index (κ1) is 20.2. The van der Waals surface area contributed by atoms with Gasteiger partial charge in [-0.3, -0.25) is 0 Å². The van der Waals surface area contributed by atoms with Gasteiger partial charge in [-0.05, 0) is 66.1 Å². The van der Waals surface area contributed by atoms with E-state index in [2.05, 4.69) is 4.99 Å². The van der Waals surface area contributed by atoms with Crippen LogP contribution in [0.3, 0.4) is 0 Å². The van der Waals surface area contributed by atoms with Gasteiger partial charge in [-0.25, -0.2) is 9.79 Å². The van der Waals surface area contributed by atoms with Gasteiger partial charge in [0.15, 0.2) is 5.70 Å². The highest BCUT2D eigenvalue weighted by Gasteiger charge is 2.24. The van der Waals surface area contributed by atoms with Gasteiger partial charge in [0.05, 0.1) is 0 Å². The highest BCUT2D eigenvalue weighted by molar-refractivity contribution is 6.32. The van der Waals surface area contributed by atoms with E-state index >= 15 is 0 Å². The molecule has 0 N–H and O–H groups in total. The Bertz CT molecular complexity index is 1150. The van der Waals surface area contributed by atoms with Gasteiger partial charge in [-0.2, -0.15) is 0 Å². The zero-order valence-electron chi connectivity index (χ0n) is 16.1. The van der Waals surface area contributed by atoms with Crippen LogP contribution in [-0.4, -0.2) is 11.9 Å². The number of esters is 1. The molecular formula is C24H17Cl2NO3. The number of nitrogens with zero attached hydrogens (tertiary/aromatic N) is 1. The molecule has 0 amide bonds. The smallest absolute Gasteiger partial charge is 0.363 e. The number of hydrogen-bond donors (Lipinski definition) is 0. The van der Waals surface area contributed by atoms with E-state index in [4.69, 9.17) is 32.7 Å². The molecule has 0 unspecified atom stereocenters. The van der Waals surface area contributed by atoms with Crippen molar-refractivity contribution < 1.29 is 14.3 Å². The molecule has 3 aromatic rings. The normalized spacial score (nSPS) is 14.6. The summed E-state index contributed by atoms with van der Waals surface area (Å²) in [6.07, 6.45) is 1.67. The number of ether oxygens (including phenoxy) is 2. The van der Waals surface area contributed by atoms with Gasteiger partial charge in [0.2, 0.25) is 5.90 Å². The summed E-state index contributed by atoms with van der Waals surface area (Å²) >= 11 is 12.0. The summed E-state index contributed by atoms with van der Waals surface area (Å²) in [7, 11) is 0. The maximum absolute atomic E-state index is 12.2. The predicted octanol–water partition coefficient (Wildman–Crippen LogP) is 6.23. The minimum Gasteiger partial charge on any atom is -0.489 e. The summed E-state index contributed by atoms with van der Waals surface area (Å²) in [5.41, 5.74) is 3.68. The van der Waals surface area contributed by atoms with Crippen LogP contribution in [0.1, 0.15) is 22.3 Å². The average Bonchev–Trinajstić information content (AvgIpc) is 3.11. The first-order chi connectivity index (χ1) is 14.5. The van der Waals surface area contributed by atoms with Crippen molar-refractivity contribution in [2.75, 3.05) is 0 Å². The molecule has 1 aliphatic rings. The Labute approximate surface area is 184 Å². The number of aliphatic imine (C=N–C) groups is 1. The van der Waals surface area contributed by atoms with Gasteiger partial charge >= 0.3 is 5.97 Å². The fourth-order valence-corrected chi connectivity index (χ4v) is 3.13. The molecule has 0 aliphatic carbocycles. The zero-order valence-corrected chi connectivity index (χ0v) is 17.6.